The molecule has 0 bridgehead atoms. The summed E-state index contributed by atoms with van der Waals surface area (Å²) in [6.45, 7) is 0.710. The van der Waals surface area contributed by atoms with Crippen molar-refractivity contribution in [2.45, 2.75) is 6.54 Å². The molecular weight excluding hydrogens is 238 g/mol. The molecule has 0 spiro atoms. The molecule has 0 saturated carbocycles. The molecule has 0 saturated heterocycles. The van der Waals surface area contributed by atoms with Crippen molar-refractivity contribution < 1.29 is 4.74 Å². The van der Waals surface area contributed by atoms with E-state index >= 15 is 0 Å². The van der Waals surface area contributed by atoms with Gasteiger partial charge >= 0.3 is 0 Å². The predicted octanol–water partition coefficient (Wildman–Crippen LogP) is 2.96. The maximum Gasteiger partial charge on any atom is 0.138 e. The summed E-state index contributed by atoms with van der Waals surface area (Å²) >= 11 is 0. The average Bonchev–Trinajstić information content (AvgIpc) is 2.94. The Morgan fingerprint density at radius 3 is 2.95 bits per heavy atom. The Morgan fingerprint density at radius 1 is 1.16 bits per heavy atom. The lowest BCUT2D eigenvalue weighted by Crippen LogP contribution is -2.04. The molecule has 96 valence electrons. The summed E-state index contributed by atoms with van der Waals surface area (Å²) in [7, 11) is 1.69. The van der Waals surface area contributed by atoms with Crippen LogP contribution in [0.5, 0.6) is 5.75 Å². The van der Waals surface area contributed by atoms with E-state index < -0.39 is 0 Å². The minimum Gasteiger partial charge on any atom is -0.496 e. The van der Waals surface area contributed by atoms with Gasteiger partial charge in [0.1, 0.15) is 17.2 Å². The summed E-state index contributed by atoms with van der Waals surface area (Å²) in [4.78, 5) is 4.27. The van der Waals surface area contributed by atoms with E-state index in [2.05, 4.69) is 16.4 Å². The normalized spacial score (nSPS) is 10.6. The fourth-order valence-electron chi connectivity index (χ4n) is 2.13. The fourth-order valence-corrected chi connectivity index (χ4v) is 2.13. The van der Waals surface area contributed by atoms with Gasteiger partial charge in [-0.2, -0.15) is 0 Å². The topological polar surface area (TPSA) is 38.6 Å². The third-order valence-electron chi connectivity index (χ3n) is 3.08. The molecule has 0 aliphatic rings. The maximum absolute atomic E-state index is 5.35. The fraction of sp³-hybridized carbons (Fsp3) is 0.133. The smallest absolute Gasteiger partial charge is 0.138 e. The molecule has 0 amide bonds. The summed E-state index contributed by atoms with van der Waals surface area (Å²) < 4.78 is 7.37. The van der Waals surface area contributed by atoms with Crippen LogP contribution in [0, 0.1) is 0 Å². The Morgan fingerprint density at radius 2 is 2.05 bits per heavy atom. The molecule has 3 rings (SSSR count). The quantitative estimate of drug-likeness (QED) is 0.777. The van der Waals surface area contributed by atoms with Crippen molar-refractivity contribution in [1.29, 1.82) is 0 Å². The summed E-state index contributed by atoms with van der Waals surface area (Å²) in [6, 6.07) is 14.0. The van der Waals surface area contributed by atoms with Crippen LogP contribution in [-0.2, 0) is 6.54 Å². The molecule has 0 unspecified atom stereocenters. The Kier molecular flexibility index (Phi) is 3.06. The minimum absolute atomic E-state index is 0.710. The Balaban J connectivity index is 1.84. The number of anilines is 1. The van der Waals surface area contributed by atoms with Crippen molar-refractivity contribution in [3.63, 3.8) is 0 Å². The van der Waals surface area contributed by atoms with Gasteiger partial charge in [0, 0.05) is 24.5 Å². The van der Waals surface area contributed by atoms with E-state index in [1.165, 1.54) is 0 Å². The van der Waals surface area contributed by atoms with E-state index in [0.717, 1.165) is 22.8 Å². The van der Waals surface area contributed by atoms with E-state index in [4.69, 9.17) is 4.74 Å². The number of pyridine rings is 1. The highest BCUT2D eigenvalue weighted by Gasteiger charge is 2.03. The van der Waals surface area contributed by atoms with E-state index in [1.807, 2.05) is 47.0 Å². The number of benzene rings is 1. The molecule has 4 nitrogen and oxygen atoms in total. The second-order valence-corrected chi connectivity index (χ2v) is 4.23. The minimum atomic E-state index is 0.710. The van der Waals surface area contributed by atoms with Crippen molar-refractivity contribution in [3.8, 4) is 5.75 Å². The third-order valence-corrected chi connectivity index (χ3v) is 3.08. The zero-order chi connectivity index (χ0) is 13.1. The molecule has 2 aromatic heterocycles. The molecular formula is C15H15N3O. The number of hydrogen-bond donors (Lipinski definition) is 1. The van der Waals surface area contributed by atoms with Crippen LogP contribution in [0.4, 0.5) is 5.82 Å². The maximum atomic E-state index is 5.35. The monoisotopic (exact) mass is 253 g/mol. The highest BCUT2D eigenvalue weighted by atomic mass is 16.5. The lowest BCUT2D eigenvalue weighted by molar-refractivity contribution is 0.410. The molecule has 0 aliphatic carbocycles. The van der Waals surface area contributed by atoms with Crippen LogP contribution in [0.1, 0.15) is 5.56 Å². The first kappa shape index (κ1) is 11.6. The number of hydrogen-bond acceptors (Lipinski definition) is 3. The van der Waals surface area contributed by atoms with Crippen LogP contribution in [-0.4, -0.2) is 16.5 Å². The number of aromatic nitrogens is 2. The number of nitrogens with zero attached hydrogens (tertiary/aromatic N) is 2. The second-order valence-electron chi connectivity index (χ2n) is 4.23. The van der Waals surface area contributed by atoms with Gasteiger partial charge in [-0.15, -0.1) is 0 Å². The number of para-hydroxylation sites is 1. The lowest BCUT2D eigenvalue weighted by atomic mass is 10.2. The highest BCUT2D eigenvalue weighted by Crippen LogP contribution is 2.19. The van der Waals surface area contributed by atoms with Gasteiger partial charge in [-0.3, -0.25) is 4.40 Å². The number of fused-ring (bicyclic) bond motifs is 1. The molecule has 0 fully saturated rings. The van der Waals surface area contributed by atoms with E-state index in [1.54, 1.807) is 13.3 Å². The largest absolute Gasteiger partial charge is 0.496 e. The van der Waals surface area contributed by atoms with Gasteiger partial charge in [0.15, 0.2) is 0 Å². The third kappa shape index (κ3) is 2.25. The van der Waals surface area contributed by atoms with Gasteiger partial charge in [-0.25, -0.2) is 4.98 Å². The molecule has 0 atom stereocenters. The van der Waals surface area contributed by atoms with Gasteiger partial charge in [0.25, 0.3) is 0 Å². The molecule has 2 heterocycles. The lowest BCUT2D eigenvalue weighted by Gasteiger charge is -2.11. The zero-order valence-corrected chi connectivity index (χ0v) is 10.7. The van der Waals surface area contributed by atoms with Crippen molar-refractivity contribution >= 4 is 11.5 Å². The standard InChI is InChI=1S/C15H15N3O/c1-19-13-6-3-2-5-12(13)11-17-15-8-4-7-14-16-9-10-18(14)15/h2-10,17H,11H2,1H3. The summed E-state index contributed by atoms with van der Waals surface area (Å²) in [5.41, 5.74) is 2.06. The molecule has 0 radical (unpaired) electrons. The van der Waals surface area contributed by atoms with Crippen molar-refractivity contribution in [3.05, 3.63) is 60.4 Å². The van der Waals surface area contributed by atoms with Crippen LogP contribution < -0.4 is 10.1 Å². The Hall–Kier alpha value is -2.49. The number of rotatable bonds is 4. The average molecular weight is 253 g/mol. The van der Waals surface area contributed by atoms with Gasteiger partial charge < -0.3 is 10.1 Å². The van der Waals surface area contributed by atoms with E-state index in [0.29, 0.717) is 6.54 Å². The second kappa shape index (κ2) is 5.02. The van der Waals surface area contributed by atoms with Crippen molar-refractivity contribution in [2.24, 2.45) is 0 Å². The Bertz CT molecular complexity index is 690. The molecule has 1 aromatic carbocycles. The first-order valence-electron chi connectivity index (χ1n) is 6.16. The van der Waals surface area contributed by atoms with Crippen LogP contribution in [0.25, 0.3) is 5.65 Å². The molecule has 4 heteroatoms. The van der Waals surface area contributed by atoms with Crippen LogP contribution in [0.2, 0.25) is 0 Å². The predicted molar refractivity (Wildman–Crippen MR) is 75.5 cm³/mol. The number of methoxy groups -OCH3 is 1. The first-order valence-corrected chi connectivity index (χ1v) is 6.16. The van der Waals surface area contributed by atoms with E-state index in [-0.39, 0.29) is 0 Å². The van der Waals surface area contributed by atoms with Crippen molar-refractivity contribution in [1.82, 2.24) is 9.38 Å². The molecule has 1 N–H and O–H groups in total. The molecule has 19 heavy (non-hydrogen) atoms. The first-order chi connectivity index (χ1) is 9.38. The molecule has 0 aliphatic heterocycles. The molecule has 3 aromatic rings. The van der Waals surface area contributed by atoms with Gasteiger partial charge in [0.2, 0.25) is 0 Å². The highest BCUT2D eigenvalue weighted by molar-refractivity contribution is 5.50. The number of ether oxygens (including phenoxy) is 1. The van der Waals surface area contributed by atoms with E-state index in [9.17, 15) is 0 Å². The van der Waals surface area contributed by atoms with Gasteiger partial charge in [-0.1, -0.05) is 24.3 Å². The van der Waals surface area contributed by atoms with Crippen LogP contribution >= 0.6 is 0 Å². The SMILES string of the molecule is COc1ccccc1CNc1cccc2nccn12. The van der Waals surface area contributed by atoms with Crippen molar-refractivity contribution in [2.75, 3.05) is 12.4 Å². The summed E-state index contributed by atoms with van der Waals surface area (Å²) in [6.07, 6.45) is 3.74. The van der Waals surface area contributed by atoms with Crippen LogP contribution in [0.3, 0.4) is 0 Å². The van der Waals surface area contributed by atoms with Gasteiger partial charge in [-0.05, 0) is 18.2 Å². The number of imidazole rings is 1. The Labute approximate surface area is 111 Å². The van der Waals surface area contributed by atoms with Crippen LogP contribution in [0.15, 0.2) is 54.9 Å². The summed E-state index contributed by atoms with van der Waals surface area (Å²) in [5.74, 6) is 1.91. The summed E-state index contributed by atoms with van der Waals surface area (Å²) in [5, 5.41) is 3.41. The zero-order valence-electron chi connectivity index (χ0n) is 10.7. The van der Waals surface area contributed by atoms with Gasteiger partial charge in [0.05, 0.1) is 7.11 Å². The number of nitrogens with one attached hydrogen (secondary N) is 1.